The molecule has 0 aliphatic heterocycles. The molecule has 0 bridgehead atoms. The number of rotatable bonds is 4. The summed E-state index contributed by atoms with van der Waals surface area (Å²) >= 11 is 0. The summed E-state index contributed by atoms with van der Waals surface area (Å²) in [6, 6.07) is 4.34. The number of nitrogens with two attached hydrogens (primary N) is 2. The summed E-state index contributed by atoms with van der Waals surface area (Å²) in [6.45, 7) is 12.6. The Balaban J connectivity index is 2.97. The molecule has 110 valence electrons. The molecule has 0 saturated heterocycles. The van der Waals surface area contributed by atoms with E-state index in [0.717, 1.165) is 28.9 Å². The van der Waals surface area contributed by atoms with Crippen molar-refractivity contribution in [1.29, 1.82) is 0 Å². The lowest BCUT2D eigenvalue weighted by Crippen LogP contribution is -2.07. The molecule has 4 N–H and O–H groups in total. The number of nitrogen functional groups attached to an aromatic ring is 1. The molecule has 0 spiro atoms. The van der Waals surface area contributed by atoms with Crippen molar-refractivity contribution in [3.8, 4) is 0 Å². The molecule has 1 aromatic rings. The largest absolute Gasteiger partial charge is 0.402 e. The van der Waals surface area contributed by atoms with Crippen molar-refractivity contribution in [2.75, 3.05) is 5.73 Å². The highest BCUT2D eigenvalue weighted by Gasteiger charge is 2.04. The first-order valence-electron chi connectivity index (χ1n) is 7.21. The van der Waals surface area contributed by atoms with Crippen LogP contribution in [0.2, 0.25) is 0 Å². The molecule has 1 aromatic carbocycles. The van der Waals surface area contributed by atoms with Gasteiger partial charge in [0.25, 0.3) is 0 Å². The highest BCUT2D eigenvalue weighted by atomic mass is 14.6. The first-order chi connectivity index (χ1) is 9.22. The lowest BCUT2D eigenvalue weighted by Gasteiger charge is -2.11. The number of benzene rings is 1. The summed E-state index contributed by atoms with van der Waals surface area (Å²) in [6.07, 6.45) is 3.13. The van der Waals surface area contributed by atoms with Crippen molar-refractivity contribution >= 4 is 5.69 Å². The van der Waals surface area contributed by atoms with Crippen molar-refractivity contribution in [2.45, 2.75) is 48.0 Å². The van der Waals surface area contributed by atoms with Gasteiger partial charge >= 0.3 is 0 Å². The van der Waals surface area contributed by atoms with Crippen molar-refractivity contribution in [2.24, 2.45) is 11.7 Å². The van der Waals surface area contributed by atoms with Crippen LogP contribution in [0.1, 0.15) is 44.4 Å². The fourth-order valence-corrected chi connectivity index (χ4v) is 2.45. The number of aryl methyl sites for hydroxylation is 2. The standard InChI is InChI=1S/C18H28N2/c1-11(2)17(19)13(4)7-12(3)8-16-9-14(5)18(20)15(6)10-16/h7,9-11H,8,19-20H2,1-6H3/b12-7+,17-13+. The summed E-state index contributed by atoms with van der Waals surface area (Å²) in [4.78, 5) is 0. The summed E-state index contributed by atoms with van der Waals surface area (Å²) in [5, 5.41) is 0. The van der Waals surface area contributed by atoms with E-state index in [1.807, 2.05) is 0 Å². The molecule has 0 radical (unpaired) electrons. The maximum atomic E-state index is 6.09. The van der Waals surface area contributed by atoms with Crippen LogP contribution >= 0.6 is 0 Å². The minimum atomic E-state index is 0.389. The molecule has 0 amide bonds. The number of hydrogen-bond acceptors (Lipinski definition) is 2. The predicted octanol–water partition coefficient (Wildman–Crippen LogP) is 4.26. The fourth-order valence-electron chi connectivity index (χ4n) is 2.45. The Kier molecular flexibility index (Phi) is 5.43. The normalized spacial score (nSPS) is 13.7. The Morgan fingerprint density at radius 3 is 2.10 bits per heavy atom. The average Bonchev–Trinajstić information content (AvgIpc) is 2.34. The van der Waals surface area contributed by atoms with Crippen LogP contribution < -0.4 is 11.5 Å². The lowest BCUT2D eigenvalue weighted by molar-refractivity contribution is 0.748. The van der Waals surface area contributed by atoms with Gasteiger partial charge < -0.3 is 11.5 Å². The van der Waals surface area contributed by atoms with Gasteiger partial charge in [0.2, 0.25) is 0 Å². The Morgan fingerprint density at radius 1 is 1.15 bits per heavy atom. The Labute approximate surface area is 123 Å². The lowest BCUT2D eigenvalue weighted by atomic mass is 9.98. The van der Waals surface area contributed by atoms with E-state index in [9.17, 15) is 0 Å². The summed E-state index contributed by atoms with van der Waals surface area (Å²) in [7, 11) is 0. The third-order valence-corrected chi connectivity index (χ3v) is 3.68. The molecule has 20 heavy (non-hydrogen) atoms. The van der Waals surface area contributed by atoms with E-state index in [1.54, 1.807) is 0 Å². The summed E-state index contributed by atoms with van der Waals surface area (Å²) in [5.74, 6) is 0.389. The highest BCUT2D eigenvalue weighted by Crippen LogP contribution is 2.21. The zero-order chi connectivity index (χ0) is 15.4. The van der Waals surface area contributed by atoms with Gasteiger partial charge in [-0.15, -0.1) is 0 Å². The molecular weight excluding hydrogens is 244 g/mol. The maximum Gasteiger partial charge on any atom is 0.0373 e. The maximum absolute atomic E-state index is 6.09. The third kappa shape index (κ3) is 4.16. The third-order valence-electron chi connectivity index (χ3n) is 3.68. The monoisotopic (exact) mass is 272 g/mol. The van der Waals surface area contributed by atoms with Gasteiger partial charge in [-0.25, -0.2) is 0 Å². The van der Waals surface area contributed by atoms with E-state index in [2.05, 4.69) is 59.8 Å². The quantitative estimate of drug-likeness (QED) is 0.635. The van der Waals surface area contributed by atoms with Gasteiger partial charge in [0, 0.05) is 11.4 Å². The SMILES string of the molecule is C/C(=C\C(C)=C(\N)C(C)C)Cc1cc(C)c(N)c(C)c1. The van der Waals surface area contributed by atoms with Crippen LogP contribution in [0.25, 0.3) is 0 Å². The number of allylic oxidation sites excluding steroid dienone is 4. The van der Waals surface area contributed by atoms with E-state index in [-0.39, 0.29) is 0 Å². The molecule has 0 atom stereocenters. The average molecular weight is 272 g/mol. The van der Waals surface area contributed by atoms with Crippen LogP contribution in [-0.4, -0.2) is 0 Å². The van der Waals surface area contributed by atoms with Crippen LogP contribution in [0, 0.1) is 19.8 Å². The second kappa shape index (κ2) is 6.65. The molecule has 0 aliphatic rings. The van der Waals surface area contributed by atoms with E-state index in [4.69, 9.17) is 11.5 Å². The van der Waals surface area contributed by atoms with Crippen molar-refractivity contribution < 1.29 is 0 Å². The van der Waals surface area contributed by atoms with Gasteiger partial charge in [0.05, 0.1) is 0 Å². The van der Waals surface area contributed by atoms with E-state index >= 15 is 0 Å². The first-order valence-corrected chi connectivity index (χ1v) is 7.21. The topological polar surface area (TPSA) is 52.0 Å². The molecule has 0 unspecified atom stereocenters. The zero-order valence-electron chi connectivity index (χ0n) is 13.7. The van der Waals surface area contributed by atoms with Crippen LogP contribution in [0.15, 0.2) is 35.1 Å². The van der Waals surface area contributed by atoms with Crippen molar-refractivity contribution in [3.05, 3.63) is 51.7 Å². The molecule has 0 aliphatic carbocycles. The van der Waals surface area contributed by atoms with Gasteiger partial charge in [-0.3, -0.25) is 0 Å². The molecule has 0 saturated carbocycles. The van der Waals surface area contributed by atoms with Gasteiger partial charge in [-0.2, -0.15) is 0 Å². The minimum Gasteiger partial charge on any atom is -0.402 e. The van der Waals surface area contributed by atoms with Crippen molar-refractivity contribution in [3.63, 3.8) is 0 Å². The predicted molar refractivity (Wildman–Crippen MR) is 89.5 cm³/mol. The Bertz CT molecular complexity index is 526. The molecule has 0 heterocycles. The molecule has 2 nitrogen and oxygen atoms in total. The Hall–Kier alpha value is -1.70. The smallest absolute Gasteiger partial charge is 0.0373 e. The van der Waals surface area contributed by atoms with E-state index in [0.29, 0.717) is 5.92 Å². The molecule has 0 aromatic heterocycles. The molecular formula is C18H28N2. The van der Waals surface area contributed by atoms with E-state index < -0.39 is 0 Å². The van der Waals surface area contributed by atoms with Gasteiger partial charge in [-0.05, 0) is 62.3 Å². The number of hydrogen-bond donors (Lipinski definition) is 2. The fraction of sp³-hybridized carbons (Fsp3) is 0.444. The second-order valence-corrected chi connectivity index (χ2v) is 6.10. The van der Waals surface area contributed by atoms with Crippen LogP contribution in [0.4, 0.5) is 5.69 Å². The van der Waals surface area contributed by atoms with Gasteiger partial charge in [0.1, 0.15) is 0 Å². The zero-order valence-corrected chi connectivity index (χ0v) is 13.7. The van der Waals surface area contributed by atoms with Gasteiger partial charge in [-0.1, -0.05) is 37.6 Å². The van der Waals surface area contributed by atoms with Crippen LogP contribution in [0.3, 0.4) is 0 Å². The molecule has 0 fully saturated rings. The van der Waals surface area contributed by atoms with Crippen LogP contribution in [0.5, 0.6) is 0 Å². The van der Waals surface area contributed by atoms with Crippen LogP contribution in [-0.2, 0) is 6.42 Å². The minimum absolute atomic E-state index is 0.389. The molecule has 2 heteroatoms. The number of anilines is 1. The second-order valence-electron chi connectivity index (χ2n) is 6.10. The highest BCUT2D eigenvalue weighted by molar-refractivity contribution is 5.54. The first kappa shape index (κ1) is 16.4. The molecule has 1 rings (SSSR count). The van der Waals surface area contributed by atoms with E-state index in [1.165, 1.54) is 16.7 Å². The van der Waals surface area contributed by atoms with Gasteiger partial charge in [0.15, 0.2) is 0 Å². The Morgan fingerprint density at radius 2 is 1.65 bits per heavy atom. The summed E-state index contributed by atoms with van der Waals surface area (Å²) < 4.78 is 0. The van der Waals surface area contributed by atoms with Crippen molar-refractivity contribution in [1.82, 2.24) is 0 Å². The summed E-state index contributed by atoms with van der Waals surface area (Å²) in [5.41, 5.74) is 20.0.